The number of hydrogen-bond donors (Lipinski definition) is 1. The Morgan fingerprint density at radius 2 is 1.48 bits per heavy atom. The Bertz CT molecular complexity index is 572. The van der Waals surface area contributed by atoms with E-state index in [0.29, 0.717) is 0 Å². The van der Waals surface area contributed by atoms with Crippen molar-refractivity contribution in [1.82, 2.24) is 5.32 Å². The molecule has 2 aromatic carbocycles. The van der Waals surface area contributed by atoms with E-state index < -0.39 is 17.7 Å². The molecule has 0 saturated heterocycles. The van der Waals surface area contributed by atoms with Crippen molar-refractivity contribution in [2.45, 2.75) is 39.3 Å². The van der Waals surface area contributed by atoms with Gasteiger partial charge in [-0.3, -0.25) is 0 Å². The number of benzene rings is 2. The molecule has 112 valence electrons. The molecule has 0 amide bonds. The lowest BCUT2D eigenvalue weighted by molar-refractivity contribution is 0.450. The van der Waals surface area contributed by atoms with Crippen LogP contribution < -0.4 is 5.32 Å². The normalized spacial score (nSPS) is 14.0. The van der Waals surface area contributed by atoms with Crippen LogP contribution in [0.3, 0.4) is 0 Å². The Morgan fingerprint density at radius 1 is 0.905 bits per heavy atom. The summed E-state index contributed by atoms with van der Waals surface area (Å²) in [5.74, 6) is -1.02. The summed E-state index contributed by atoms with van der Waals surface area (Å²) in [6, 6.07) is 11.9. The predicted molar refractivity (Wildman–Crippen MR) is 82.1 cm³/mol. The molecule has 0 aliphatic heterocycles. The second kappa shape index (κ2) is 6.81. The molecule has 0 aliphatic rings. The molecule has 0 saturated carbocycles. The fourth-order valence-corrected chi connectivity index (χ4v) is 2.52. The second-order valence-electron chi connectivity index (χ2n) is 5.34. The van der Waals surface area contributed by atoms with Gasteiger partial charge in [0.05, 0.1) is 0 Å². The molecule has 1 N–H and O–H groups in total. The smallest absolute Gasteiger partial charge is 0.130 e. The third kappa shape index (κ3) is 3.67. The van der Waals surface area contributed by atoms with E-state index in [1.807, 2.05) is 6.92 Å². The van der Waals surface area contributed by atoms with Gasteiger partial charge in [0.1, 0.15) is 11.6 Å². The van der Waals surface area contributed by atoms with Gasteiger partial charge in [-0.1, -0.05) is 37.3 Å². The Labute approximate surface area is 125 Å². The molecule has 0 fully saturated rings. The van der Waals surface area contributed by atoms with Crippen LogP contribution in [0.2, 0.25) is 0 Å². The van der Waals surface area contributed by atoms with Crippen LogP contribution in [0.4, 0.5) is 8.78 Å². The van der Waals surface area contributed by atoms with Gasteiger partial charge in [0.2, 0.25) is 0 Å². The third-order valence-electron chi connectivity index (χ3n) is 3.82. The summed E-state index contributed by atoms with van der Waals surface area (Å²) >= 11 is 0. The lowest BCUT2D eigenvalue weighted by Gasteiger charge is -2.21. The number of rotatable bonds is 5. The molecule has 3 heteroatoms. The van der Waals surface area contributed by atoms with Crippen molar-refractivity contribution in [3.63, 3.8) is 0 Å². The Balaban J connectivity index is 2.12. The minimum atomic E-state index is -0.511. The highest BCUT2D eigenvalue weighted by atomic mass is 19.1. The number of halogens is 2. The van der Waals surface area contributed by atoms with Crippen molar-refractivity contribution in [3.8, 4) is 0 Å². The predicted octanol–water partition coefficient (Wildman–Crippen LogP) is 4.94. The fourth-order valence-electron chi connectivity index (χ4n) is 2.52. The minimum Gasteiger partial charge on any atom is -0.303 e. The highest BCUT2D eigenvalue weighted by Gasteiger charge is 2.18. The lowest BCUT2D eigenvalue weighted by Crippen LogP contribution is -2.24. The summed E-state index contributed by atoms with van der Waals surface area (Å²) < 4.78 is 27.5. The van der Waals surface area contributed by atoms with Crippen molar-refractivity contribution in [1.29, 1.82) is 0 Å². The molecule has 0 aromatic heterocycles. The summed E-state index contributed by atoms with van der Waals surface area (Å²) in [5, 5.41) is 3.25. The molecular formula is C18H21F2N. The lowest BCUT2D eigenvalue weighted by atomic mass is 10.0. The molecule has 2 atom stereocenters. The average molecular weight is 289 g/mol. The maximum absolute atomic E-state index is 13.8. The number of nitrogens with one attached hydrogen (secondary N) is 1. The molecule has 1 nitrogen and oxygen atoms in total. The SMILES string of the molecule is CCc1ccc(C(C)NC(C)c2c(F)cccc2F)cc1. The Kier molecular flexibility index (Phi) is 5.07. The van der Waals surface area contributed by atoms with Gasteiger partial charge < -0.3 is 5.32 Å². The largest absolute Gasteiger partial charge is 0.303 e. The summed E-state index contributed by atoms with van der Waals surface area (Å²) in [6.07, 6.45) is 0.999. The van der Waals surface area contributed by atoms with E-state index in [0.717, 1.165) is 12.0 Å². The quantitative estimate of drug-likeness (QED) is 0.822. The maximum atomic E-state index is 13.8. The molecule has 2 unspecified atom stereocenters. The minimum absolute atomic E-state index is 0.0184. The molecule has 0 bridgehead atoms. The fraction of sp³-hybridized carbons (Fsp3) is 0.333. The highest BCUT2D eigenvalue weighted by Crippen LogP contribution is 2.24. The summed E-state index contributed by atoms with van der Waals surface area (Å²) in [5.41, 5.74) is 2.48. The van der Waals surface area contributed by atoms with Gasteiger partial charge in [-0.2, -0.15) is 0 Å². The van der Waals surface area contributed by atoms with Crippen molar-refractivity contribution in [2.75, 3.05) is 0 Å². The van der Waals surface area contributed by atoms with Crippen molar-refractivity contribution >= 4 is 0 Å². The highest BCUT2D eigenvalue weighted by molar-refractivity contribution is 5.26. The van der Waals surface area contributed by atoms with E-state index in [-0.39, 0.29) is 11.6 Å². The summed E-state index contributed by atoms with van der Waals surface area (Å²) in [6.45, 7) is 5.88. The molecule has 0 radical (unpaired) electrons. The molecule has 0 heterocycles. The van der Waals surface area contributed by atoms with Crippen LogP contribution in [0.15, 0.2) is 42.5 Å². The van der Waals surface area contributed by atoms with Crippen LogP contribution >= 0.6 is 0 Å². The van der Waals surface area contributed by atoms with Crippen LogP contribution in [-0.2, 0) is 6.42 Å². The zero-order chi connectivity index (χ0) is 15.4. The first-order chi connectivity index (χ1) is 10.0. The molecule has 0 aliphatic carbocycles. The van der Waals surface area contributed by atoms with E-state index in [9.17, 15) is 8.78 Å². The van der Waals surface area contributed by atoms with Crippen molar-refractivity contribution in [3.05, 3.63) is 70.8 Å². The summed E-state index contributed by atoms with van der Waals surface area (Å²) in [4.78, 5) is 0. The van der Waals surface area contributed by atoms with Crippen LogP contribution in [0.25, 0.3) is 0 Å². The van der Waals surface area contributed by atoms with Crippen molar-refractivity contribution < 1.29 is 8.78 Å². The monoisotopic (exact) mass is 289 g/mol. The van der Waals surface area contributed by atoms with Gasteiger partial charge >= 0.3 is 0 Å². The third-order valence-corrected chi connectivity index (χ3v) is 3.82. The van der Waals surface area contributed by atoms with E-state index in [2.05, 4.69) is 36.5 Å². The van der Waals surface area contributed by atoms with E-state index >= 15 is 0 Å². The summed E-state index contributed by atoms with van der Waals surface area (Å²) in [7, 11) is 0. The van der Waals surface area contributed by atoms with Crippen LogP contribution in [-0.4, -0.2) is 0 Å². The zero-order valence-corrected chi connectivity index (χ0v) is 12.7. The Morgan fingerprint density at radius 3 is 2.00 bits per heavy atom. The van der Waals surface area contributed by atoms with Gasteiger partial charge in [-0.25, -0.2) is 8.78 Å². The first-order valence-electron chi connectivity index (χ1n) is 7.31. The van der Waals surface area contributed by atoms with Gasteiger partial charge in [0, 0.05) is 17.6 Å². The molecular weight excluding hydrogens is 268 g/mol. The van der Waals surface area contributed by atoms with Crippen molar-refractivity contribution in [2.24, 2.45) is 0 Å². The van der Waals surface area contributed by atoms with E-state index in [4.69, 9.17) is 0 Å². The number of aryl methyl sites for hydroxylation is 1. The molecule has 2 rings (SSSR count). The van der Waals surface area contributed by atoms with E-state index in [1.54, 1.807) is 6.92 Å². The van der Waals surface area contributed by atoms with Crippen LogP contribution in [0.1, 0.15) is 49.5 Å². The van der Waals surface area contributed by atoms with E-state index in [1.165, 1.54) is 23.8 Å². The van der Waals surface area contributed by atoms with Gasteiger partial charge in [0.15, 0.2) is 0 Å². The topological polar surface area (TPSA) is 12.0 Å². The van der Waals surface area contributed by atoms with Gasteiger partial charge in [-0.15, -0.1) is 0 Å². The average Bonchev–Trinajstić information content (AvgIpc) is 2.47. The van der Waals surface area contributed by atoms with Gasteiger partial charge in [0.25, 0.3) is 0 Å². The zero-order valence-electron chi connectivity index (χ0n) is 12.7. The van der Waals surface area contributed by atoms with Crippen LogP contribution in [0.5, 0.6) is 0 Å². The molecule has 21 heavy (non-hydrogen) atoms. The molecule has 2 aromatic rings. The van der Waals surface area contributed by atoms with Gasteiger partial charge in [-0.05, 0) is 43.5 Å². The molecule has 0 spiro atoms. The number of hydrogen-bond acceptors (Lipinski definition) is 1. The maximum Gasteiger partial charge on any atom is 0.130 e. The first kappa shape index (κ1) is 15.6. The van der Waals surface area contributed by atoms with Crippen LogP contribution in [0, 0.1) is 11.6 Å². The second-order valence-corrected chi connectivity index (χ2v) is 5.34. The first-order valence-corrected chi connectivity index (χ1v) is 7.31. The standard InChI is InChI=1S/C18H21F2N/c1-4-14-8-10-15(11-9-14)12(2)21-13(3)18-16(19)6-5-7-17(18)20/h5-13,21H,4H2,1-3H3. The Hall–Kier alpha value is -1.74.